The normalized spacial score (nSPS) is 31.1. The van der Waals surface area contributed by atoms with E-state index in [0.717, 1.165) is 19.2 Å². The first-order valence-corrected chi connectivity index (χ1v) is 12.6. The highest BCUT2D eigenvalue weighted by atomic mass is 31.3. The molecule has 3 unspecified atom stereocenters. The van der Waals surface area contributed by atoms with Gasteiger partial charge in [-0.2, -0.15) is 8.62 Å². The molecule has 0 aliphatic carbocycles. The van der Waals surface area contributed by atoms with E-state index in [2.05, 4.69) is 13.1 Å². The maximum Gasteiger partial charge on any atom is 0.490 e. The van der Waals surface area contributed by atoms with Gasteiger partial charge in [-0.05, 0) is 6.92 Å². The van der Waals surface area contributed by atoms with Crippen LogP contribution < -0.4 is 11.2 Å². The third-order valence-electron chi connectivity index (χ3n) is 3.99. The van der Waals surface area contributed by atoms with Gasteiger partial charge in [-0.15, -0.1) is 0 Å². The molecule has 1 aliphatic heterocycles. The summed E-state index contributed by atoms with van der Waals surface area (Å²) in [6.45, 7) is -1.08. The van der Waals surface area contributed by atoms with Gasteiger partial charge in [0.15, 0.2) is 6.23 Å². The number of hydrogen-bond acceptors (Lipinski definition) is 10. The molecule has 0 aromatic carbocycles. The summed E-state index contributed by atoms with van der Waals surface area (Å²) < 4.78 is 79.5. The molecular formula is C11H17F2N2O14P3. The Morgan fingerprint density at radius 1 is 1.22 bits per heavy atom. The zero-order valence-electron chi connectivity index (χ0n) is 15.6. The molecule has 0 radical (unpaired) electrons. The number of phosphoric ester groups is 1. The summed E-state index contributed by atoms with van der Waals surface area (Å²) in [5, 5.41) is 10.2. The molecule has 1 aliphatic rings. The molecule has 2 heterocycles. The number of H-pyrrole nitrogens is 1. The Morgan fingerprint density at radius 3 is 2.31 bits per heavy atom. The highest BCUT2D eigenvalue weighted by Crippen LogP contribution is 2.66. The van der Waals surface area contributed by atoms with Gasteiger partial charge in [0.2, 0.25) is 5.67 Å². The fourth-order valence-corrected chi connectivity index (χ4v) is 5.95. The molecule has 2 rings (SSSR count). The molecule has 1 aromatic rings. The van der Waals surface area contributed by atoms with Crippen LogP contribution in [0.25, 0.3) is 0 Å². The van der Waals surface area contributed by atoms with Crippen LogP contribution in [-0.2, 0) is 31.6 Å². The van der Waals surface area contributed by atoms with Gasteiger partial charge >= 0.3 is 29.2 Å². The SMILES string of the molecule is C[C@@H](OP(=O)(O)OP(=O)(O)OP(=O)(O)O)[C@H]1O[C@@H](n2ccc(=O)[nH]c2=O)[C@@](F)(CF)C1O. The van der Waals surface area contributed by atoms with E-state index in [1.165, 1.54) is 0 Å². The van der Waals surface area contributed by atoms with E-state index in [-0.39, 0.29) is 0 Å². The van der Waals surface area contributed by atoms with Crippen molar-refractivity contribution in [1.82, 2.24) is 9.55 Å². The lowest BCUT2D eigenvalue weighted by Gasteiger charge is -2.26. The van der Waals surface area contributed by atoms with E-state index in [9.17, 15) is 37.7 Å². The average Bonchev–Trinajstić information content (AvgIpc) is 2.84. The van der Waals surface area contributed by atoms with Crippen molar-refractivity contribution in [1.29, 1.82) is 0 Å². The van der Waals surface area contributed by atoms with Crippen LogP contribution in [0.2, 0.25) is 0 Å². The van der Waals surface area contributed by atoms with Crippen LogP contribution >= 0.6 is 23.5 Å². The summed E-state index contributed by atoms with van der Waals surface area (Å²) in [6, 6.07) is 0.763. The quantitative estimate of drug-likeness (QED) is 0.213. The maximum absolute atomic E-state index is 15.2. The summed E-state index contributed by atoms with van der Waals surface area (Å²) in [6.07, 6.45) is -7.81. The molecule has 1 aromatic heterocycles. The van der Waals surface area contributed by atoms with Crippen LogP contribution in [0.15, 0.2) is 21.9 Å². The van der Waals surface area contributed by atoms with Crippen molar-refractivity contribution in [2.75, 3.05) is 6.67 Å². The molecule has 16 nitrogen and oxygen atoms in total. The third kappa shape index (κ3) is 6.26. The molecule has 6 N–H and O–H groups in total. The summed E-state index contributed by atoms with van der Waals surface area (Å²) in [5.74, 6) is 0. The number of aliphatic hydroxyl groups is 1. The topological polar surface area (TPSA) is 244 Å². The van der Waals surface area contributed by atoms with Gasteiger partial charge in [-0.3, -0.25) is 18.9 Å². The van der Waals surface area contributed by atoms with Gasteiger partial charge in [0, 0.05) is 12.3 Å². The Kier molecular flexibility index (Phi) is 7.84. The fourth-order valence-electron chi connectivity index (χ4n) is 2.75. The second-order valence-corrected chi connectivity index (χ2v) is 10.7. The first-order chi connectivity index (χ1) is 14.4. The van der Waals surface area contributed by atoms with E-state index in [0.29, 0.717) is 4.57 Å². The van der Waals surface area contributed by atoms with Gasteiger partial charge in [0.25, 0.3) is 5.56 Å². The molecule has 32 heavy (non-hydrogen) atoms. The number of aliphatic hydroxyl groups excluding tert-OH is 1. The minimum absolute atomic E-state index is 0.391. The average molecular weight is 532 g/mol. The molecular weight excluding hydrogens is 515 g/mol. The minimum Gasteiger partial charge on any atom is -0.387 e. The number of alkyl halides is 2. The molecule has 1 fully saturated rings. The standard InChI is InChI=1S/C11H17F2N2O14P3/c1-5(27-31(22,23)29-32(24,25)28-30(19,20)21)7-8(17)11(13,4-12)9(26-7)15-3-2-6(16)14-10(15)18/h2-3,5,7-9,17H,4H2,1H3,(H,22,23)(H,24,25)(H,14,16,18)(H2,19,20,21)/t5-,7-,8?,9-,11-/m1/s1. The van der Waals surface area contributed by atoms with E-state index in [1.807, 2.05) is 0 Å². The Hall–Kier alpha value is -1.13. The molecule has 184 valence electrons. The molecule has 7 atom stereocenters. The highest BCUT2D eigenvalue weighted by molar-refractivity contribution is 7.66. The first-order valence-electron chi connectivity index (χ1n) is 8.13. The number of aromatic nitrogens is 2. The van der Waals surface area contributed by atoms with E-state index in [1.54, 1.807) is 4.98 Å². The monoisotopic (exact) mass is 532 g/mol. The van der Waals surface area contributed by atoms with Crippen molar-refractivity contribution in [3.05, 3.63) is 33.1 Å². The maximum atomic E-state index is 15.2. The number of halogens is 2. The number of nitrogens with one attached hydrogen (secondary N) is 1. The van der Waals surface area contributed by atoms with E-state index >= 15 is 4.39 Å². The Morgan fingerprint density at radius 2 is 1.81 bits per heavy atom. The highest BCUT2D eigenvalue weighted by Gasteiger charge is 2.61. The second-order valence-electron chi connectivity index (χ2n) is 6.38. The molecule has 1 saturated heterocycles. The number of nitrogens with zero attached hydrogens (tertiary/aromatic N) is 1. The Balaban J connectivity index is 2.26. The molecule has 0 spiro atoms. The van der Waals surface area contributed by atoms with Crippen molar-refractivity contribution in [2.45, 2.75) is 37.1 Å². The summed E-state index contributed by atoms with van der Waals surface area (Å²) >= 11 is 0. The lowest BCUT2D eigenvalue weighted by molar-refractivity contribution is -0.0855. The van der Waals surface area contributed by atoms with Gasteiger partial charge in [-0.25, -0.2) is 27.3 Å². The van der Waals surface area contributed by atoms with Crippen LogP contribution in [0.3, 0.4) is 0 Å². The molecule has 21 heteroatoms. The lowest BCUT2D eigenvalue weighted by atomic mass is 9.95. The van der Waals surface area contributed by atoms with Crippen LogP contribution in [0.5, 0.6) is 0 Å². The van der Waals surface area contributed by atoms with Crippen LogP contribution in [0.1, 0.15) is 13.2 Å². The van der Waals surface area contributed by atoms with Crippen LogP contribution in [0.4, 0.5) is 8.78 Å². The third-order valence-corrected chi connectivity index (χ3v) is 7.91. The fraction of sp³-hybridized carbons (Fsp3) is 0.636. The van der Waals surface area contributed by atoms with E-state index < -0.39 is 71.6 Å². The van der Waals surface area contributed by atoms with Gasteiger partial charge in [-0.1, -0.05) is 0 Å². The lowest BCUT2D eigenvalue weighted by Crippen LogP contribution is -2.48. The predicted octanol–water partition coefficient (Wildman–Crippen LogP) is -0.796. The number of aromatic amines is 1. The van der Waals surface area contributed by atoms with Crippen molar-refractivity contribution >= 4 is 23.5 Å². The summed E-state index contributed by atoms with van der Waals surface area (Å²) in [7, 11) is -17.2. The number of phosphoric acid groups is 3. The molecule has 0 bridgehead atoms. The van der Waals surface area contributed by atoms with Crippen LogP contribution in [-0.4, -0.2) is 64.9 Å². The van der Waals surface area contributed by atoms with Crippen molar-refractivity contribution in [3.63, 3.8) is 0 Å². The number of hydrogen-bond donors (Lipinski definition) is 6. The van der Waals surface area contributed by atoms with Gasteiger partial charge < -0.3 is 29.4 Å². The second kappa shape index (κ2) is 9.25. The smallest absolute Gasteiger partial charge is 0.387 e. The van der Waals surface area contributed by atoms with Crippen molar-refractivity contribution in [2.24, 2.45) is 0 Å². The molecule has 0 amide bonds. The largest absolute Gasteiger partial charge is 0.490 e. The van der Waals surface area contributed by atoms with Gasteiger partial charge in [0.1, 0.15) is 18.9 Å². The summed E-state index contributed by atoms with van der Waals surface area (Å²) in [4.78, 5) is 60.5. The first kappa shape index (κ1) is 27.1. The Labute approximate surface area is 175 Å². The van der Waals surface area contributed by atoms with Gasteiger partial charge in [0.05, 0.1) is 6.10 Å². The zero-order valence-corrected chi connectivity index (χ0v) is 18.3. The summed E-state index contributed by atoms with van der Waals surface area (Å²) in [5.41, 5.74) is -5.45. The predicted molar refractivity (Wildman–Crippen MR) is 95.5 cm³/mol. The van der Waals surface area contributed by atoms with Crippen molar-refractivity contribution < 1.29 is 65.0 Å². The van der Waals surface area contributed by atoms with Crippen LogP contribution in [0, 0.1) is 0 Å². The number of rotatable bonds is 9. The van der Waals surface area contributed by atoms with E-state index in [4.69, 9.17) is 19.4 Å². The Bertz CT molecular complexity index is 1100. The zero-order chi connectivity index (χ0) is 24.7. The minimum atomic E-state index is -5.86. The van der Waals surface area contributed by atoms with Crippen molar-refractivity contribution in [3.8, 4) is 0 Å². The number of ether oxygens (including phenoxy) is 1. The molecule has 0 saturated carbocycles.